The maximum absolute atomic E-state index is 11.0. The van der Waals surface area contributed by atoms with Gasteiger partial charge in [0.15, 0.2) is 12.5 Å². The molecule has 0 radical (unpaired) electrons. The first kappa shape index (κ1) is 20.2. The van der Waals surface area contributed by atoms with Gasteiger partial charge in [-0.3, -0.25) is 5.43 Å². The Labute approximate surface area is 169 Å². The van der Waals surface area contributed by atoms with Gasteiger partial charge in [-0.15, -0.1) is 0 Å². The van der Waals surface area contributed by atoms with Gasteiger partial charge in [0.2, 0.25) is 0 Å². The summed E-state index contributed by atoms with van der Waals surface area (Å²) in [5, 5.41) is 4.74. The van der Waals surface area contributed by atoms with E-state index in [-0.39, 0.29) is 18.8 Å². The van der Waals surface area contributed by atoms with Crippen LogP contribution in [0.1, 0.15) is 24.5 Å². The minimum absolute atomic E-state index is 0.0426. The Bertz CT molecular complexity index is 842. The number of hydrogen-bond donors (Lipinski definition) is 1. The molecular weight excluding hydrogens is 380 g/mol. The van der Waals surface area contributed by atoms with Crippen LogP contribution in [0.4, 0.5) is 0 Å². The molecule has 0 saturated carbocycles. The van der Waals surface area contributed by atoms with Crippen LogP contribution in [0.2, 0.25) is 5.02 Å². The van der Waals surface area contributed by atoms with E-state index in [9.17, 15) is 4.79 Å². The Morgan fingerprint density at radius 2 is 2.00 bits per heavy atom. The van der Waals surface area contributed by atoms with Crippen LogP contribution in [0.5, 0.6) is 11.5 Å². The number of ether oxygens (including phenoxy) is 3. The van der Waals surface area contributed by atoms with Crippen molar-refractivity contribution in [2.45, 2.75) is 26.0 Å². The molecule has 1 aliphatic rings. The SMILES string of the molecule is COCOc1c(C2=NNC(C=O)CC2C)ccc(OCc2ccccc2)c1Cl. The van der Waals surface area contributed by atoms with Crippen molar-refractivity contribution in [1.29, 1.82) is 0 Å². The molecule has 0 aromatic heterocycles. The zero-order valence-electron chi connectivity index (χ0n) is 15.9. The van der Waals surface area contributed by atoms with Crippen molar-refractivity contribution in [3.05, 3.63) is 58.6 Å². The number of carbonyl (C=O) groups excluding carboxylic acids is 1. The number of nitrogens with zero attached hydrogens (tertiary/aromatic N) is 1. The lowest BCUT2D eigenvalue weighted by molar-refractivity contribution is -0.109. The van der Waals surface area contributed by atoms with Crippen molar-refractivity contribution in [2.75, 3.05) is 13.9 Å². The fourth-order valence-corrected chi connectivity index (χ4v) is 3.34. The second-order valence-electron chi connectivity index (χ2n) is 6.58. The summed E-state index contributed by atoms with van der Waals surface area (Å²) in [6, 6.07) is 13.2. The van der Waals surface area contributed by atoms with E-state index in [1.165, 1.54) is 0 Å². The maximum atomic E-state index is 11.0. The number of methoxy groups -OCH3 is 1. The largest absolute Gasteiger partial charge is 0.487 e. The van der Waals surface area contributed by atoms with Gasteiger partial charge in [0.25, 0.3) is 0 Å². The predicted octanol–water partition coefficient (Wildman–Crippen LogP) is 3.80. The maximum Gasteiger partial charge on any atom is 0.188 e. The first-order valence-corrected chi connectivity index (χ1v) is 9.41. The molecule has 0 amide bonds. The normalized spacial score (nSPS) is 18.8. The van der Waals surface area contributed by atoms with Gasteiger partial charge >= 0.3 is 0 Å². The van der Waals surface area contributed by atoms with E-state index in [4.69, 9.17) is 25.8 Å². The second-order valence-corrected chi connectivity index (χ2v) is 6.96. The van der Waals surface area contributed by atoms with Crippen LogP contribution in [0.25, 0.3) is 0 Å². The number of halogens is 1. The molecule has 1 heterocycles. The third kappa shape index (κ3) is 4.64. The molecule has 2 atom stereocenters. The van der Waals surface area contributed by atoms with Gasteiger partial charge in [-0.1, -0.05) is 48.9 Å². The minimum Gasteiger partial charge on any atom is -0.487 e. The summed E-state index contributed by atoms with van der Waals surface area (Å²) in [4.78, 5) is 11.0. The molecule has 148 valence electrons. The molecule has 3 rings (SSSR count). The van der Waals surface area contributed by atoms with Crippen molar-refractivity contribution in [3.63, 3.8) is 0 Å². The summed E-state index contributed by atoms with van der Waals surface area (Å²) >= 11 is 6.60. The van der Waals surface area contributed by atoms with Gasteiger partial charge in [0, 0.05) is 18.6 Å². The van der Waals surface area contributed by atoms with E-state index >= 15 is 0 Å². The second kappa shape index (κ2) is 9.57. The zero-order valence-corrected chi connectivity index (χ0v) is 16.6. The van der Waals surface area contributed by atoms with E-state index in [2.05, 4.69) is 10.5 Å². The molecule has 6 nitrogen and oxygen atoms in total. The van der Waals surface area contributed by atoms with Crippen molar-refractivity contribution >= 4 is 23.6 Å². The Morgan fingerprint density at radius 1 is 1.21 bits per heavy atom. The molecule has 2 aromatic rings. The lowest BCUT2D eigenvalue weighted by Gasteiger charge is -2.26. The lowest BCUT2D eigenvalue weighted by atomic mass is 9.91. The van der Waals surface area contributed by atoms with Gasteiger partial charge in [0.05, 0.1) is 11.8 Å². The summed E-state index contributed by atoms with van der Waals surface area (Å²) < 4.78 is 16.7. The number of hydrazone groups is 1. The highest BCUT2D eigenvalue weighted by atomic mass is 35.5. The zero-order chi connectivity index (χ0) is 19.9. The smallest absolute Gasteiger partial charge is 0.188 e. The van der Waals surface area contributed by atoms with Crippen LogP contribution in [0.3, 0.4) is 0 Å². The summed E-state index contributed by atoms with van der Waals surface area (Å²) in [6.07, 6.45) is 1.52. The van der Waals surface area contributed by atoms with Crippen LogP contribution in [-0.2, 0) is 16.1 Å². The monoisotopic (exact) mass is 402 g/mol. The van der Waals surface area contributed by atoms with E-state index in [1.54, 1.807) is 13.2 Å². The number of rotatable bonds is 8. The molecule has 0 spiro atoms. The summed E-state index contributed by atoms with van der Waals surface area (Å²) in [7, 11) is 1.54. The first-order chi connectivity index (χ1) is 13.6. The van der Waals surface area contributed by atoms with Gasteiger partial charge in [-0.2, -0.15) is 5.10 Å². The van der Waals surface area contributed by atoms with Crippen molar-refractivity contribution in [3.8, 4) is 11.5 Å². The lowest BCUT2D eigenvalue weighted by Crippen LogP contribution is -2.37. The average Bonchev–Trinajstić information content (AvgIpc) is 2.72. The topological polar surface area (TPSA) is 69.2 Å². The first-order valence-electron chi connectivity index (χ1n) is 9.03. The van der Waals surface area contributed by atoms with E-state index in [0.29, 0.717) is 29.5 Å². The predicted molar refractivity (Wildman–Crippen MR) is 108 cm³/mol. The average molecular weight is 403 g/mol. The molecule has 2 unspecified atom stereocenters. The van der Waals surface area contributed by atoms with E-state index < -0.39 is 0 Å². The summed E-state index contributed by atoms with van der Waals surface area (Å²) in [5.74, 6) is 1.03. The van der Waals surface area contributed by atoms with Crippen LogP contribution >= 0.6 is 11.6 Å². The fraction of sp³-hybridized carbons (Fsp3) is 0.333. The van der Waals surface area contributed by atoms with Crippen molar-refractivity contribution < 1.29 is 19.0 Å². The quantitative estimate of drug-likeness (QED) is 0.537. The molecule has 1 N–H and O–H groups in total. The summed E-state index contributed by atoms with van der Waals surface area (Å²) in [6.45, 7) is 2.45. The fourth-order valence-electron chi connectivity index (χ4n) is 3.07. The molecule has 7 heteroatoms. The molecule has 1 aliphatic heterocycles. The van der Waals surface area contributed by atoms with Gasteiger partial charge in [-0.05, 0) is 24.1 Å². The van der Waals surface area contributed by atoms with Crippen LogP contribution in [0, 0.1) is 5.92 Å². The molecule has 0 aliphatic carbocycles. The van der Waals surface area contributed by atoms with Crippen LogP contribution in [0.15, 0.2) is 47.6 Å². The minimum atomic E-state index is -0.286. The Balaban J connectivity index is 1.89. The van der Waals surface area contributed by atoms with Gasteiger partial charge in [-0.25, -0.2) is 0 Å². The highest BCUT2D eigenvalue weighted by molar-refractivity contribution is 6.34. The number of nitrogens with one attached hydrogen (secondary N) is 1. The Hall–Kier alpha value is -2.57. The van der Waals surface area contributed by atoms with E-state index in [1.807, 2.05) is 43.3 Å². The highest BCUT2D eigenvalue weighted by Crippen LogP contribution is 2.39. The number of hydrogen-bond acceptors (Lipinski definition) is 6. The Kier molecular flexibility index (Phi) is 6.90. The molecule has 28 heavy (non-hydrogen) atoms. The number of carbonyl (C=O) groups is 1. The van der Waals surface area contributed by atoms with Crippen molar-refractivity contribution in [1.82, 2.24) is 5.43 Å². The molecule has 2 aromatic carbocycles. The molecule has 0 saturated heterocycles. The number of aldehydes is 1. The third-order valence-electron chi connectivity index (χ3n) is 4.49. The van der Waals surface area contributed by atoms with Crippen LogP contribution < -0.4 is 14.9 Å². The number of benzene rings is 2. The molecule has 0 fully saturated rings. The van der Waals surface area contributed by atoms with E-state index in [0.717, 1.165) is 23.1 Å². The Morgan fingerprint density at radius 3 is 2.68 bits per heavy atom. The molecule has 0 bridgehead atoms. The third-order valence-corrected chi connectivity index (χ3v) is 4.84. The van der Waals surface area contributed by atoms with Gasteiger partial charge in [0.1, 0.15) is 23.7 Å². The van der Waals surface area contributed by atoms with Crippen LogP contribution in [-0.4, -0.2) is 31.9 Å². The standard InChI is InChI=1S/C21H23ClN2O4/c1-14-10-16(11-25)23-24-20(14)17-8-9-18(19(22)21(17)28-13-26-2)27-12-15-6-4-3-5-7-15/h3-9,11,14,16,23H,10,12-13H2,1-2H3. The summed E-state index contributed by atoms with van der Waals surface area (Å²) in [5.41, 5.74) is 5.44. The molecular formula is C21H23ClN2O4. The highest BCUT2D eigenvalue weighted by Gasteiger charge is 2.27. The van der Waals surface area contributed by atoms with Gasteiger partial charge < -0.3 is 19.0 Å². The van der Waals surface area contributed by atoms with Crippen molar-refractivity contribution in [2.24, 2.45) is 11.0 Å².